The van der Waals surface area contributed by atoms with E-state index in [1.807, 2.05) is 0 Å². The Kier molecular flexibility index (Phi) is 15.4. The van der Waals surface area contributed by atoms with E-state index in [1.165, 1.54) is 5.57 Å². The molecule has 7 rings (SSSR count). The Morgan fingerprint density at radius 1 is 0.585 bits per heavy atom. The van der Waals surface area contributed by atoms with Gasteiger partial charge in [0.2, 0.25) is 0 Å². The van der Waals surface area contributed by atoms with Crippen LogP contribution in [0.2, 0.25) is 0 Å². The quantitative estimate of drug-likeness (QED) is 0.0908. The van der Waals surface area contributed by atoms with Crippen LogP contribution < -0.4 is 0 Å². The first kappa shape index (κ1) is 51.9. The lowest BCUT2D eigenvalue weighted by Gasteiger charge is -2.70. The molecule has 4 saturated carbocycles. The van der Waals surface area contributed by atoms with E-state index in [1.54, 1.807) is 0 Å². The van der Waals surface area contributed by atoms with Crippen LogP contribution in [0.4, 0.5) is 0 Å². The maximum atomic E-state index is 11.4. The van der Waals surface area contributed by atoms with E-state index in [-0.39, 0.29) is 28.1 Å². The summed E-state index contributed by atoms with van der Waals surface area (Å²) in [5.74, 6) is 0.995. The zero-order chi connectivity index (χ0) is 47.8. The molecule has 20 unspecified atom stereocenters. The van der Waals surface area contributed by atoms with Crippen molar-refractivity contribution in [1.82, 2.24) is 0 Å². The molecule has 0 amide bonds. The molecule has 17 heteroatoms. The molecule has 376 valence electrons. The first-order valence-electron chi connectivity index (χ1n) is 24.3. The fraction of sp³-hybridized carbons (Fsp3) is 0.958. The van der Waals surface area contributed by atoms with E-state index in [4.69, 9.17) is 28.4 Å². The van der Waals surface area contributed by atoms with Gasteiger partial charge in [0.1, 0.15) is 73.2 Å². The molecule has 7 aliphatic rings. The zero-order valence-corrected chi connectivity index (χ0v) is 39.7. The van der Waals surface area contributed by atoms with Crippen molar-refractivity contribution in [3.8, 4) is 0 Å². The number of hydrogen-bond donors (Lipinski definition) is 11. The maximum Gasteiger partial charge on any atom is 0.187 e. The molecule has 65 heavy (non-hydrogen) atoms. The van der Waals surface area contributed by atoms with Crippen molar-refractivity contribution < 1.29 is 84.6 Å². The van der Waals surface area contributed by atoms with Gasteiger partial charge in [-0.3, -0.25) is 0 Å². The highest BCUT2D eigenvalue weighted by molar-refractivity contribution is 5.19. The minimum Gasteiger partial charge on any atom is -0.394 e. The largest absolute Gasteiger partial charge is 0.394 e. The summed E-state index contributed by atoms with van der Waals surface area (Å²) in [6, 6.07) is 0. The molecule has 4 aliphatic carbocycles. The molecule has 24 atom stereocenters. The summed E-state index contributed by atoms with van der Waals surface area (Å²) in [6.45, 7) is 16.3. The van der Waals surface area contributed by atoms with Crippen LogP contribution in [0.15, 0.2) is 11.6 Å². The van der Waals surface area contributed by atoms with Crippen LogP contribution in [0.1, 0.15) is 120 Å². The van der Waals surface area contributed by atoms with E-state index in [2.05, 4.69) is 61.5 Å². The summed E-state index contributed by atoms with van der Waals surface area (Å²) < 4.78 is 37.4. The van der Waals surface area contributed by atoms with Gasteiger partial charge in [0.05, 0.1) is 31.5 Å². The number of allylic oxidation sites excluding steroid dienone is 2. The minimum absolute atomic E-state index is 0.0327. The molecule has 0 radical (unpaired) electrons. The van der Waals surface area contributed by atoms with Crippen molar-refractivity contribution in [2.45, 2.75) is 223 Å². The maximum absolute atomic E-state index is 11.4. The SMILES string of the molecule is CC(C)=CCC[C@](C)(OC1OC(CO)C(O)C(O)C1O)C1CC[C@]2(C)C1CCC1[C@@]3(C)CCC(OC4OC(CO)C(O)C(O)C4OC4OC(CO)C(O)C(O)C4O)C(C)(C)C3CC[C@]12C. The van der Waals surface area contributed by atoms with Crippen LogP contribution in [-0.2, 0) is 28.4 Å². The summed E-state index contributed by atoms with van der Waals surface area (Å²) in [5, 5.41) is 116. The van der Waals surface area contributed by atoms with Crippen LogP contribution in [-0.4, -0.2) is 180 Å². The fourth-order valence-electron chi connectivity index (χ4n) is 14.9. The lowest BCUT2D eigenvalue weighted by atomic mass is 9.35. The smallest absolute Gasteiger partial charge is 0.187 e. The Morgan fingerprint density at radius 2 is 1.12 bits per heavy atom. The van der Waals surface area contributed by atoms with Crippen molar-refractivity contribution in [3.63, 3.8) is 0 Å². The highest BCUT2D eigenvalue weighted by Gasteiger charge is 2.70. The number of ether oxygens (including phenoxy) is 6. The van der Waals surface area contributed by atoms with Gasteiger partial charge in [0.15, 0.2) is 18.9 Å². The van der Waals surface area contributed by atoms with Crippen LogP contribution >= 0.6 is 0 Å². The van der Waals surface area contributed by atoms with E-state index in [9.17, 15) is 56.2 Å². The van der Waals surface area contributed by atoms with E-state index >= 15 is 0 Å². The molecule has 7 fully saturated rings. The number of fused-ring (bicyclic) bond motifs is 5. The average molecular weight is 931 g/mol. The first-order valence-corrected chi connectivity index (χ1v) is 24.3. The fourth-order valence-corrected chi connectivity index (χ4v) is 14.9. The number of aliphatic hydroxyl groups is 11. The topological polar surface area (TPSA) is 278 Å². The second-order valence-electron chi connectivity index (χ2n) is 22.8. The minimum atomic E-state index is -1.77. The van der Waals surface area contributed by atoms with Gasteiger partial charge in [0, 0.05) is 0 Å². The summed E-state index contributed by atoms with van der Waals surface area (Å²) in [6.07, 6.45) is -11.6. The standard InChI is InChI=1S/C48H82O17/c1-23(2)10-9-16-48(8,65-42-39(59)36(56)33(53)27(21-50)61-42)25-13-18-46(6)24(25)11-12-30-45(5)17-15-31(44(3,4)29(45)14-19-47(30,46)7)63-43-40(37(57)34(54)28(22-51)62-43)64-41-38(58)35(55)32(52)26(20-49)60-41/h10,24-43,49-59H,9,11-22H2,1-8H3/t24?,25?,26?,27?,28?,29?,30?,31?,32?,33?,34?,35?,36?,37?,38?,39?,40?,41?,42?,43?,45-,46+,47+,48-/m0/s1. The van der Waals surface area contributed by atoms with Crippen molar-refractivity contribution in [3.05, 3.63) is 11.6 Å². The average Bonchev–Trinajstić information content (AvgIpc) is 3.63. The van der Waals surface area contributed by atoms with Crippen LogP contribution in [0, 0.1) is 45.3 Å². The van der Waals surface area contributed by atoms with Crippen LogP contribution in [0.25, 0.3) is 0 Å². The Hall–Kier alpha value is -0.940. The molecule has 3 aliphatic heterocycles. The number of aliphatic hydroxyl groups excluding tert-OH is 11. The number of rotatable bonds is 13. The Labute approximate surface area is 384 Å². The molecule has 3 heterocycles. The molecule has 0 aromatic rings. The van der Waals surface area contributed by atoms with Gasteiger partial charge in [-0.1, -0.05) is 46.3 Å². The molecular formula is C48H82O17. The molecule has 11 N–H and O–H groups in total. The van der Waals surface area contributed by atoms with Crippen molar-refractivity contribution in [1.29, 1.82) is 0 Å². The van der Waals surface area contributed by atoms with Gasteiger partial charge in [-0.15, -0.1) is 0 Å². The molecule has 0 aromatic carbocycles. The Bertz CT molecular complexity index is 1640. The van der Waals surface area contributed by atoms with Crippen LogP contribution in [0.3, 0.4) is 0 Å². The summed E-state index contributed by atoms with van der Waals surface area (Å²) in [7, 11) is 0. The molecule has 0 spiro atoms. The normalized spacial score (nSPS) is 51.9. The van der Waals surface area contributed by atoms with E-state index in [0.717, 1.165) is 51.4 Å². The van der Waals surface area contributed by atoms with Gasteiger partial charge in [-0.05, 0) is 130 Å². The molecule has 17 nitrogen and oxygen atoms in total. The third-order valence-corrected chi connectivity index (χ3v) is 18.8. The third-order valence-electron chi connectivity index (χ3n) is 18.8. The summed E-state index contributed by atoms with van der Waals surface area (Å²) in [4.78, 5) is 0. The highest BCUT2D eigenvalue weighted by Crippen LogP contribution is 2.76. The van der Waals surface area contributed by atoms with Crippen molar-refractivity contribution >= 4 is 0 Å². The molecule has 0 aromatic heterocycles. The van der Waals surface area contributed by atoms with Gasteiger partial charge in [-0.2, -0.15) is 0 Å². The monoisotopic (exact) mass is 931 g/mol. The summed E-state index contributed by atoms with van der Waals surface area (Å²) in [5.41, 5.74) is -0.159. The first-order chi connectivity index (χ1) is 30.4. The van der Waals surface area contributed by atoms with E-state index in [0.29, 0.717) is 24.7 Å². The Balaban J connectivity index is 1.11. The predicted molar refractivity (Wildman–Crippen MR) is 232 cm³/mol. The van der Waals surface area contributed by atoms with Crippen molar-refractivity contribution in [2.75, 3.05) is 19.8 Å². The molecular weight excluding hydrogens is 849 g/mol. The van der Waals surface area contributed by atoms with E-state index < -0.39 is 129 Å². The molecule has 0 bridgehead atoms. The zero-order valence-electron chi connectivity index (χ0n) is 39.7. The van der Waals surface area contributed by atoms with Crippen LogP contribution in [0.5, 0.6) is 0 Å². The highest BCUT2D eigenvalue weighted by atomic mass is 16.8. The lowest BCUT2D eigenvalue weighted by Crippen LogP contribution is -2.67. The second kappa shape index (κ2) is 19.3. The van der Waals surface area contributed by atoms with Gasteiger partial charge in [-0.25, -0.2) is 0 Å². The Morgan fingerprint density at radius 3 is 1.71 bits per heavy atom. The van der Waals surface area contributed by atoms with Crippen molar-refractivity contribution in [2.24, 2.45) is 45.3 Å². The van der Waals surface area contributed by atoms with Gasteiger partial charge in [0.25, 0.3) is 0 Å². The second-order valence-corrected chi connectivity index (χ2v) is 22.8. The predicted octanol–water partition coefficient (Wildman–Crippen LogP) is 1.00. The van der Waals surface area contributed by atoms with Gasteiger partial charge < -0.3 is 84.6 Å². The summed E-state index contributed by atoms with van der Waals surface area (Å²) >= 11 is 0. The number of hydrogen-bond acceptors (Lipinski definition) is 17. The lowest BCUT2D eigenvalue weighted by molar-refractivity contribution is -0.378. The van der Waals surface area contributed by atoms with Gasteiger partial charge >= 0.3 is 0 Å². The molecule has 3 saturated heterocycles. The third kappa shape index (κ3) is 8.84.